The summed E-state index contributed by atoms with van der Waals surface area (Å²) in [6.07, 6.45) is -3.72. The number of hydrogen-bond donors (Lipinski definition) is 1. The van der Waals surface area contributed by atoms with E-state index in [2.05, 4.69) is 10.3 Å². The van der Waals surface area contributed by atoms with Gasteiger partial charge in [-0.05, 0) is 26.8 Å². The van der Waals surface area contributed by atoms with Gasteiger partial charge in [-0.25, -0.2) is 4.98 Å². The van der Waals surface area contributed by atoms with E-state index in [0.717, 1.165) is 16.7 Å². The molecule has 0 saturated heterocycles. The third-order valence-electron chi connectivity index (χ3n) is 2.81. The van der Waals surface area contributed by atoms with Gasteiger partial charge in [0.1, 0.15) is 5.69 Å². The highest BCUT2D eigenvalue weighted by atomic mass is 35.5. The van der Waals surface area contributed by atoms with Crippen molar-refractivity contribution in [2.45, 2.75) is 33.0 Å². The molecule has 21 heavy (non-hydrogen) atoms. The lowest BCUT2D eigenvalue weighted by Crippen LogP contribution is -2.31. The quantitative estimate of drug-likeness (QED) is 0.921. The molecule has 0 atom stereocenters. The van der Waals surface area contributed by atoms with Crippen LogP contribution in [0.5, 0.6) is 0 Å². The second-order valence-electron chi connectivity index (χ2n) is 4.94. The number of rotatable bonds is 2. The van der Waals surface area contributed by atoms with Gasteiger partial charge in [0.2, 0.25) is 0 Å². The van der Waals surface area contributed by atoms with E-state index < -0.39 is 17.6 Å². The van der Waals surface area contributed by atoms with E-state index in [4.69, 9.17) is 11.6 Å². The summed E-state index contributed by atoms with van der Waals surface area (Å²) < 4.78 is 39.6. The summed E-state index contributed by atoms with van der Waals surface area (Å²) >= 11 is 5.85. The first kappa shape index (κ1) is 15.6. The largest absolute Gasteiger partial charge is 0.417 e. The van der Waals surface area contributed by atoms with Crippen LogP contribution in [0, 0.1) is 6.92 Å². The highest BCUT2D eigenvalue weighted by Gasteiger charge is 2.32. The topological polar surface area (TPSA) is 46.4 Å². The number of imidazole rings is 1. The first-order chi connectivity index (χ1) is 9.61. The molecule has 114 valence electrons. The predicted molar refractivity (Wildman–Crippen MR) is 72.5 cm³/mol. The summed E-state index contributed by atoms with van der Waals surface area (Å²) in [5.74, 6) is -0.495. The van der Waals surface area contributed by atoms with Crippen molar-refractivity contribution in [2.24, 2.45) is 0 Å². The molecule has 1 amide bonds. The number of amides is 1. The van der Waals surface area contributed by atoms with Gasteiger partial charge in [-0.3, -0.25) is 9.20 Å². The normalized spacial score (nSPS) is 12.2. The molecule has 0 fully saturated rings. The highest BCUT2D eigenvalue weighted by Crippen LogP contribution is 2.33. The Morgan fingerprint density at radius 2 is 2.05 bits per heavy atom. The second-order valence-corrected chi connectivity index (χ2v) is 5.35. The molecule has 2 aromatic rings. The molecule has 0 spiro atoms. The Kier molecular flexibility index (Phi) is 3.88. The molecule has 0 aliphatic rings. The maximum atomic E-state index is 12.9. The summed E-state index contributed by atoms with van der Waals surface area (Å²) in [4.78, 5) is 16.2. The monoisotopic (exact) mass is 319 g/mol. The molecule has 0 bridgehead atoms. The standard InChI is InChI=1S/C13H13ClF3N3O/c1-6(2)18-12(21)10-7(3)19-11-9(14)4-8(5-20(10)11)13(15,16)17/h4-6H,1-3H3,(H,18,21). The average molecular weight is 320 g/mol. The van der Waals surface area contributed by atoms with Crippen molar-refractivity contribution < 1.29 is 18.0 Å². The van der Waals surface area contributed by atoms with Gasteiger partial charge in [-0.2, -0.15) is 13.2 Å². The van der Waals surface area contributed by atoms with Crippen LogP contribution in [-0.4, -0.2) is 21.3 Å². The molecule has 2 rings (SSSR count). The number of carbonyl (C=O) groups is 1. The lowest BCUT2D eigenvalue weighted by Gasteiger charge is -2.11. The zero-order valence-electron chi connectivity index (χ0n) is 11.5. The Morgan fingerprint density at radius 3 is 2.57 bits per heavy atom. The minimum Gasteiger partial charge on any atom is -0.349 e. The van der Waals surface area contributed by atoms with Gasteiger partial charge < -0.3 is 5.32 Å². The number of carbonyl (C=O) groups excluding carboxylic acids is 1. The van der Waals surface area contributed by atoms with Crippen LogP contribution in [-0.2, 0) is 6.18 Å². The number of nitrogens with zero attached hydrogens (tertiary/aromatic N) is 2. The SMILES string of the molecule is Cc1nc2c(Cl)cc(C(F)(F)F)cn2c1C(=O)NC(C)C. The fourth-order valence-corrected chi connectivity index (χ4v) is 2.23. The zero-order chi connectivity index (χ0) is 15.9. The van der Waals surface area contributed by atoms with Gasteiger partial charge in [0, 0.05) is 12.2 Å². The van der Waals surface area contributed by atoms with Crippen molar-refractivity contribution in [3.63, 3.8) is 0 Å². The number of pyridine rings is 1. The smallest absolute Gasteiger partial charge is 0.349 e. The third kappa shape index (κ3) is 2.97. The molecular weight excluding hydrogens is 307 g/mol. The predicted octanol–water partition coefficient (Wildman–Crippen LogP) is 3.45. The van der Waals surface area contributed by atoms with Crippen molar-refractivity contribution in [1.82, 2.24) is 14.7 Å². The van der Waals surface area contributed by atoms with Crippen molar-refractivity contribution in [3.05, 3.63) is 34.2 Å². The number of aromatic nitrogens is 2. The van der Waals surface area contributed by atoms with Gasteiger partial charge in [0.25, 0.3) is 5.91 Å². The average Bonchev–Trinajstić information content (AvgIpc) is 2.63. The number of hydrogen-bond acceptors (Lipinski definition) is 2. The number of halogens is 4. The highest BCUT2D eigenvalue weighted by molar-refractivity contribution is 6.33. The minimum absolute atomic E-state index is 0.0479. The van der Waals surface area contributed by atoms with E-state index in [0.29, 0.717) is 5.69 Å². The zero-order valence-corrected chi connectivity index (χ0v) is 12.3. The second kappa shape index (κ2) is 5.22. The van der Waals surface area contributed by atoms with Gasteiger partial charge in [-0.15, -0.1) is 0 Å². The fraction of sp³-hybridized carbons (Fsp3) is 0.385. The maximum Gasteiger partial charge on any atom is 0.417 e. The van der Waals surface area contributed by atoms with E-state index in [1.165, 1.54) is 0 Å². The first-order valence-corrected chi connectivity index (χ1v) is 6.55. The Bertz CT molecular complexity index is 707. The van der Waals surface area contributed by atoms with Crippen LogP contribution in [0.2, 0.25) is 5.02 Å². The molecule has 0 radical (unpaired) electrons. The Labute approximate surface area is 123 Å². The van der Waals surface area contributed by atoms with E-state index in [-0.39, 0.29) is 22.4 Å². The third-order valence-corrected chi connectivity index (χ3v) is 3.09. The Morgan fingerprint density at radius 1 is 1.43 bits per heavy atom. The molecular formula is C13H13ClF3N3O. The molecule has 2 heterocycles. The van der Waals surface area contributed by atoms with Crippen molar-refractivity contribution >= 4 is 23.2 Å². The minimum atomic E-state index is -4.55. The fourth-order valence-electron chi connectivity index (χ4n) is 1.98. The van der Waals surface area contributed by atoms with Crippen LogP contribution in [0.15, 0.2) is 12.3 Å². The van der Waals surface area contributed by atoms with Crippen molar-refractivity contribution in [1.29, 1.82) is 0 Å². The number of aryl methyl sites for hydroxylation is 1. The van der Waals surface area contributed by atoms with Crippen LogP contribution < -0.4 is 5.32 Å². The van der Waals surface area contributed by atoms with E-state index >= 15 is 0 Å². The van der Waals surface area contributed by atoms with Crippen LogP contribution >= 0.6 is 11.6 Å². The van der Waals surface area contributed by atoms with Gasteiger partial charge >= 0.3 is 6.18 Å². The Hall–Kier alpha value is -1.76. The van der Waals surface area contributed by atoms with Gasteiger partial charge in [-0.1, -0.05) is 11.6 Å². The molecule has 0 aromatic carbocycles. The maximum absolute atomic E-state index is 12.9. The lowest BCUT2D eigenvalue weighted by atomic mass is 10.2. The first-order valence-electron chi connectivity index (χ1n) is 6.17. The van der Waals surface area contributed by atoms with E-state index in [1.54, 1.807) is 20.8 Å². The molecule has 0 unspecified atom stereocenters. The summed E-state index contributed by atoms with van der Waals surface area (Å²) in [5.41, 5.74) is -0.451. The molecule has 0 aliphatic heterocycles. The summed E-state index contributed by atoms with van der Waals surface area (Å²) in [7, 11) is 0. The number of alkyl halides is 3. The van der Waals surface area contributed by atoms with Crippen LogP contribution in [0.3, 0.4) is 0 Å². The van der Waals surface area contributed by atoms with E-state index in [9.17, 15) is 18.0 Å². The van der Waals surface area contributed by atoms with Crippen LogP contribution in [0.1, 0.15) is 35.6 Å². The molecule has 8 heteroatoms. The van der Waals surface area contributed by atoms with Crippen molar-refractivity contribution in [3.8, 4) is 0 Å². The molecule has 2 aromatic heterocycles. The van der Waals surface area contributed by atoms with E-state index in [1.807, 2.05) is 0 Å². The summed E-state index contributed by atoms with van der Waals surface area (Å²) in [6.45, 7) is 5.06. The summed E-state index contributed by atoms with van der Waals surface area (Å²) in [6, 6.07) is 0.650. The van der Waals surface area contributed by atoms with Crippen molar-refractivity contribution in [2.75, 3.05) is 0 Å². The lowest BCUT2D eigenvalue weighted by molar-refractivity contribution is -0.137. The van der Waals surface area contributed by atoms with Crippen LogP contribution in [0.4, 0.5) is 13.2 Å². The molecule has 1 N–H and O–H groups in total. The van der Waals surface area contributed by atoms with Crippen LogP contribution in [0.25, 0.3) is 5.65 Å². The number of nitrogens with one attached hydrogen (secondary N) is 1. The van der Waals surface area contributed by atoms with Gasteiger partial charge in [0.15, 0.2) is 5.65 Å². The number of fused-ring (bicyclic) bond motifs is 1. The molecule has 0 aliphatic carbocycles. The Balaban J connectivity index is 2.68. The summed E-state index contributed by atoms with van der Waals surface area (Å²) in [5, 5.41) is 2.48. The molecule has 0 saturated carbocycles. The molecule has 4 nitrogen and oxygen atoms in total. The van der Waals surface area contributed by atoms with Gasteiger partial charge in [0.05, 0.1) is 16.3 Å².